The zero-order valence-corrected chi connectivity index (χ0v) is 16.0. The fourth-order valence-electron chi connectivity index (χ4n) is 2.84. The summed E-state index contributed by atoms with van der Waals surface area (Å²) in [6, 6.07) is 5.42. The molecule has 0 fully saturated rings. The molecule has 9 heteroatoms. The minimum Gasteiger partial charge on any atom is -0.462 e. The maximum atomic E-state index is 12.0. The number of esters is 1. The Balaban J connectivity index is 2.06. The summed E-state index contributed by atoms with van der Waals surface area (Å²) in [5, 5.41) is 12.6. The Morgan fingerprint density at radius 1 is 1.41 bits per heavy atom. The molecule has 0 saturated carbocycles. The van der Waals surface area contributed by atoms with Crippen molar-refractivity contribution < 1.29 is 19.2 Å². The standard InChI is InChI=1S/C18H19N3O5S/c1-4-26-18(22)16-11(2)19-17(27-16)12-5-6-14-13(9-12)15(21(23)24)10-20(14)7-8-25-3/h5-6,9-10H,4,7-8H2,1-3H3. The lowest BCUT2D eigenvalue weighted by Gasteiger charge is -2.04. The Kier molecular flexibility index (Phi) is 5.52. The van der Waals surface area contributed by atoms with E-state index in [-0.39, 0.29) is 5.69 Å². The zero-order valence-electron chi connectivity index (χ0n) is 15.2. The van der Waals surface area contributed by atoms with Gasteiger partial charge in [0.05, 0.1) is 40.9 Å². The van der Waals surface area contributed by atoms with Gasteiger partial charge in [-0.2, -0.15) is 0 Å². The van der Waals surface area contributed by atoms with Gasteiger partial charge >= 0.3 is 5.97 Å². The van der Waals surface area contributed by atoms with Gasteiger partial charge < -0.3 is 14.0 Å². The molecule has 2 aromatic heterocycles. The lowest BCUT2D eigenvalue weighted by atomic mass is 10.1. The molecule has 0 aliphatic carbocycles. The quantitative estimate of drug-likeness (QED) is 0.346. The number of aryl methyl sites for hydroxylation is 1. The van der Waals surface area contributed by atoms with Gasteiger partial charge in [-0.3, -0.25) is 10.1 Å². The van der Waals surface area contributed by atoms with E-state index in [1.54, 1.807) is 31.6 Å². The van der Waals surface area contributed by atoms with Gasteiger partial charge in [0.15, 0.2) is 0 Å². The molecule has 0 aliphatic heterocycles. The molecule has 0 bridgehead atoms. The van der Waals surface area contributed by atoms with Crippen LogP contribution in [-0.2, 0) is 16.0 Å². The minimum atomic E-state index is -0.406. The van der Waals surface area contributed by atoms with Gasteiger partial charge in [-0.1, -0.05) is 0 Å². The Morgan fingerprint density at radius 3 is 2.85 bits per heavy atom. The number of hydrogen-bond donors (Lipinski definition) is 0. The Hall–Kier alpha value is -2.78. The molecule has 1 aromatic carbocycles. The molecule has 0 saturated heterocycles. The van der Waals surface area contributed by atoms with E-state index in [0.717, 1.165) is 11.1 Å². The topological polar surface area (TPSA) is 96.5 Å². The molecule has 3 aromatic rings. The van der Waals surface area contributed by atoms with Crippen molar-refractivity contribution in [3.8, 4) is 10.6 Å². The molecule has 0 amide bonds. The van der Waals surface area contributed by atoms with Crippen LogP contribution in [0.4, 0.5) is 5.69 Å². The number of aromatic nitrogens is 2. The third-order valence-electron chi connectivity index (χ3n) is 4.10. The molecule has 0 unspecified atom stereocenters. The Bertz CT molecular complexity index is 1010. The van der Waals surface area contributed by atoms with Crippen molar-refractivity contribution in [1.29, 1.82) is 0 Å². The van der Waals surface area contributed by atoms with Crippen LogP contribution in [-0.4, -0.2) is 40.8 Å². The minimum absolute atomic E-state index is 0.0295. The molecule has 0 spiro atoms. The van der Waals surface area contributed by atoms with Gasteiger partial charge in [-0.05, 0) is 32.0 Å². The highest BCUT2D eigenvalue weighted by molar-refractivity contribution is 7.17. The van der Waals surface area contributed by atoms with Crippen molar-refractivity contribution in [1.82, 2.24) is 9.55 Å². The van der Waals surface area contributed by atoms with Crippen LogP contribution in [0.25, 0.3) is 21.5 Å². The summed E-state index contributed by atoms with van der Waals surface area (Å²) in [5.41, 5.74) is 2.09. The molecule has 0 atom stereocenters. The second kappa shape index (κ2) is 7.85. The van der Waals surface area contributed by atoms with Crippen LogP contribution < -0.4 is 0 Å². The predicted molar refractivity (Wildman–Crippen MR) is 102 cm³/mol. The number of carbonyl (C=O) groups is 1. The molecule has 8 nitrogen and oxygen atoms in total. The number of ether oxygens (including phenoxy) is 2. The second-order valence-corrected chi connectivity index (χ2v) is 6.84. The average Bonchev–Trinajstić information content (AvgIpc) is 3.20. The summed E-state index contributed by atoms with van der Waals surface area (Å²) in [7, 11) is 1.59. The van der Waals surface area contributed by atoms with Gasteiger partial charge in [-0.25, -0.2) is 9.78 Å². The van der Waals surface area contributed by atoms with Crippen molar-refractivity contribution in [3.63, 3.8) is 0 Å². The maximum Gasteiger partial charge on any atom is 0.350 e. The van der Waals surface area contributed by atoms with Crippen LogP contribution in [0.3, 0.4) is 0 Å². The van der Waals surface area contributed by atoms with E-state index in [1.165, 1.54) is 17.5 Å². The third kappa shape index (κ3) is 3.69. The van der Waals surface area contributed by atoms with Crippen molar-refractivity contribution in [2.75, 3.05) is 20.3 Å². The number of benzene rings is 1. The first kappa shape index (κ1) is 19.0. The molecule has 142 valence electrons. The fourth-order valence-corrected chi connectivity index (χ4v) is 3.79. The van der Waals surface area contributed by atoms with E-state index in [2.05, 4.69) is 4.98 Å². The number of nitrogens with zero attached hydrogens (tertiary/aromatic N) is 3. The molecule has 2 heterocycles. The average molecular weight is 389 g/mol. The van der Waals surface area contributed by atoms with Gasteiger partial charge in [0.1, 0.15) is 9.88 Å². The number of methoxy groups -OCH3 is 1. The highest BCUT2D eigenvalue weighted by atomic mass is 32.1. The fraction of sp³-hybridized carbons (Fsp3) is 0.333. The first-order valence-corrected chi connectivity index (χ1v) is 9.19. The highest BCUT2D eigenvalue weighted by Gasteiger charge is 2.21. The first-order valence-electron chi connectivity index (χ1n) is 8.37. The number of carbonyl (C=O) groups excluding carboxylic acids is 1. The molecular formula is C18H19N3O5S. The summed E-state index contributed by atoms with van der Waals surface area (Å²) in [6.07, 6.45) is 1.52. The summed E-state index contributed by atoms with van der Waals surface area (Å²) < 4.78 is 11.9. The van der Waals surface area contributed by atoms with Gasteiger partial charge in [0.25, 0.3) is 5.69 Å². The Morgan fingerprint density at radius 2 is 2.19 bits per heavy atom. The van der Waals surface area contributed by atoms with Crippen LogP contribution in [0.1, 0.15) is 22.3 Å². The van der Waals surface area contributed by atoms with Crippen LogP contribution in [0, 0.1) is 17.0 Å². The lowest BCUT2D eigenvalue weighted by molar-refractivity contribution is -0.383. The van der Waals surface area contributed by atoms with Crippen LogP contribution in [0.2, 0.25) is 0 Å². The number of nitro groups is 1. The molecule has 27 heavy (non-hydrogen) atoms. The molecule has 0 N–H and O–H groups in total. The lowest BCUT2D eigenvalue weighted by Crippen LogP contribution is -2.03. The molecule has 0 aliphatic rings. The number of thiazole rings is 1. The van der Waals surface area contributed by atoms with Gasteiger partial charge in [0.2, 0.25) is 0 Å². The van der Waals surface area contributed by atoms with Crippen molar-refractivity contribution >= 4 is 33.9 Å². The first-order chi connectivity index (χ1) is 13.0. The Labute approximate surface area is 159 Å². The van der Waals surface area contributed by atoms with Crippen LogP contribution in [0.15, 0.2) is 24.4 Å². The van der Waals surface area contributed by atoms with Crippen molar-refractivity contribution in [2.45, 2.75) is 20.4 Å². The van der Waals surface area contributed by atoms with E-state index < -0.39 is 10.9 Å². The normalized spacial score (nSPS) is 11.1. The monoisotopic (exact) mass is 389 g/mol. The maximum absolute atomic E-state index is 12.0. The summed E-state index contributed by atoms with van der Waals surface area (Å²) in [6.45, 7) is 4.75. The van der Waals surface area contributed by atoms with Gasteiger partial charge in [-0.15, -0.1) is 11.3 Å². The van der Waals surface area contributed by atoms with E-state index in [0.29, 0.717) is 40.7 Å². The highest BCUT2D eigenvalue weighted by Crippen LogP contribution is 2.34. The zero-order chi connectivity index (χ0) is 19.6. The van der Waals surface area contributed by atoms with E-state index in [9.17, 15) is 14.9 Å². The van der Waals surface area contributed by atoms with Crippen LogP contribution in [0.5, 0.6) is 0 Å². The largest absolute Gasteiger partial charge is 0.462 e. The number of hydrogen-bond acceptors (Lipinski definition) is 7. The number of rotatable bonds is 7. The summed E-state index contributed by atoms with van der Waals surface area (Å²) in [4.78, 5) is 28.0. The summed E-state index contributed by atoms with van der Waals surface area (Å²) in [5.74, 6) is -0.406. The van der Waals surface area contributed by atoms with E-state index in [1.807, 2.05) is 12.1 Å². The SMILES string of the molecule is CCOC(=O)c1sc(-c2ccc3c(c2)c([N+](=O)[O-])cn3CCOC)nc1C. The van der Waals surface area contributed by atoms with Crippen LogP contribution >= 0.6 is 11.3 Å². The molecule has 3 rings (SSSR count). The summed E-state index contributed by atoms with van der Waals surface area (Å²) >= 11 is 1.22. The third-order valence-corrected chi connectivity index (χ3v) is 5.28. The van der Waals surface area contributed by atoms with E-state index in [4.69, 9.17) is 9.47 Å². The van der Waals surface area contributed by atoms with Crippen molar-refractivity contribution in [3.05, 3.63) is 45.1 Å². The van der Waals surface area contributed by atoms with E-state index >= 15 is 0 Å². The second-order valence-electron chi connectivity index (χ2n) is 5.84. The van der Waals surface area contributed by atoms with Gasteiger partial charge in [0, 0.05) is 19.2 Å². The smallest absolute Gasteiger partial charge is 0.350 e. The predicted octanol–water partition coefficient (Wildman–Crippen LogP) is 3.80. The van der Waals surface area contributed by atoms with Crippen molar-refractivity contribution in [2.24, 2.45) is 0 Å². The number of fused-ring (bicyclic) bond motifs is 1. The molecule has 0 radical (unpaired) electrons. The molecular weight excluding hydrogens is 370 g/mol.